The Labute approximate surface area is 117 Å². The fraction of sp³-hybridized carbons (Fsp3) is 0.188. The number of aryl methyl sites for hydroxylation is 1. The van der Waals surface area contributed by atoms with Crippen LogP contribution in [-0.2, 0) is 6.54 Å². The van der Waals surface area contributed by atoms with E-state index >= 15 is 0 Å². The van der Waals surface area contributed by atoms with Crippen LogP contribution in [-0.4, -0.2) is 17.6 Å². The molecule has 0 aliphatic heterocycles. The number of benzene rings is 1. The molecular formula is C16H15NO3. The molecule has 2 rings (SSSR count). The highest BCUT2D eigenvalue weighted by Crippen LogP contribution is 2.09. The topological polar surface area (TPSA) is 62.5 Å². The van der Waals surface area contributed by atoms with Gasteiger partial charge in [-0.3, -0.25) is 4.79 Å². The summed E-state index contributed by atoms with van der Waals surface area (Å²) in [5.74, 6) is 5.89. The molecule has 0 saturated heterocycles. The second kappa shape index (κ2) is 6.60. The number of furan rings is 1. The largest absolute Gasteiger partial charge is 0.467 e. The summed E-state index contributed by atoms with van der Waals surface area (Å²) in [6.45, 7) is 2.04. The standard InChI is InChI=1S/C16H15NO3/c1-12-8-13(4-2-6-18)10-14(9-12)16(19)17-11-15-5-3-7-20-15/h3,5,7-10,18H,6,11H2,1H3,(H,17,19). The number of hydrogen-bond donors (Lipinski definition) is 2. The van der Waals surface area contributed by atoms with E-state index < -0.39 is 0 Å². The molecule has 1 amide bonds. The third-order valence-electron chi connectivity index (χ3n) is 2.65. The molecule has 0 radical (unpaired) electrons. The zero-order chi connectivity index (χ0) is 14.4. The molecule has 0 aliphatic rings. The molecule has 0 fully saturated rings. The first-order valence-corrected chi connectivity index (χ1v) is 6.21. The maximum atomic E-state index is 12.1. The molecule has 2 aromatic rings. The van der Waals surface area contributed by atoms with Crippen LogP contribution in [0.15, 0.2) is 41.0 Å². The van der Waals surface area contributed by atoms with Crippen LogP contribution >= 0.6 is 0 Å². The minimum absolute atomic E-state index is 0.183. The fourth-order valence-corrected chi connectivity index (χ4v) is 1.81. The van der Waals surface area contributed by atoms with E-state index in [1.54, 1.807) is 30.5 Å². The lowest BCUT2D eigenvalue weighted by Crippen LogP contribution is -2.22. The molecule has 2 N–H and O–H groups in total. The van der Waals surface area contributed by atoms with Crippen LogP contribution in [0.5, 0.6) is 0 Å². The average molecular weight is 269 g/mol. The minimum atomic E-state index is -0.200. The van der Waals surface area contributed by atoms with E-state index in [1.165, 1.54) is 0 Å². The summed E-state index contributed by atoms with van der Waals surface area (Å²) >= 11 is 0. The summed E-state index contributed by atoms with van der Waals surface area (Å²) in [4.78, 5) is 12.1. The van der Waals surface area contributed by atoms with Crippen LogP contribution in [0, 0.1) is 18.8 Å². The highest BCUT2D eigenvalue weighted by molar-refractivity contribution is 5.94. The monoisotopic (exact) mass is 269 g/mol. The average Bonchev–Trinajstić information content (AvgIpc) is 2.95. The lowest BCUT2D eigenvalue weighted by atomic mass is 10.1. The molecule has 4 nitrogen and oxygen atoms in total. The predicted molar refractivity (Wildman–Crippen MR) is 75.0 cm³/mol. The Bertz CT molecular complexity index is 648. The van der Waals surface area contributed by atoms with Gasteiger partial charge in [0.05, 0.1) is 12.8 Å². The van der Waals surface area contributed by atoms with E-state index in [9.17, 15) is 4.79 Å². The number of aliphatic hydroxyl groups excluding tert-OH is 1. The summed E-state index contributed by atoms with van der Waals surface area (Å²) in [7, 11) is 0. The summed E-state index contributed by atoms with van der Waals surface area (Å²) < 4.78 is 5.16. The van der Waals surface area contributed by atoms with Crippen molar-refractivity contribution in [3.8, 4) is 11.8 Å². The summed E-state index contributed by atoms with van der Waals surface area (Å²) in [5.41, 5.74) is 2.19. The van der Waals surface area contributed by atoms with E-state index in [-0.39, 0.29) is 12.5 Å². The second-order valence-electron chi connectivity index (χ2n) is 4.31. The van der Waals surface area contributed by atoms with Crippen LogP contribution in [0.1, 0.15) is 27.2 Å². The van der Waals surface area contributed by atoms with Crippen molar-refractivity contribution in [1.82, 2.24) is 5.32 Å². The van der Waals surface area contributed by atoms with Gasteiger partial charge in [0.2, 0.25) is 0 Å². The smallest absolute Gasteiger partial charge is 0.251 e. The molecule has 0 unspecified atom stereocenters. The van der Waals surface area contributed by atoms with Crippen molar-refractivity contribution >= 4 is 5.91 Å². The third-order valence-corrected chi connectivity index (χ3v) is 2.65. The quantitative estimate of drug-likeness (QED) is 0.836. The Kier molecular flexibility index (Phi) is 4.59. The number of hydrogen-bond acceptors (Lipinski definition) is 3. The van der Waals surface area contributed by atoms with E-state index in [0.29, 0.717) is 23.4 Å². The SMILES string of the molecule is Cc1cc(C#CCO)cc(C(=O)NCc2ccco2)c1. The molecule has 0 spiro atoms. The molecule has 102 valence electrons. The molecule has 1 aromatic heterocycles. The first kappa shape index (κ1) is 13.9. The molecular weight excluding hydrogens is 254 g/mol. The third kappa shape index (κ3) is 3.74. The van der Waals surface area contributed by atoms with Gasteiger partial charge in [-0.15, -0.1) is 0 Å². The van der Waals surface area contributed by atoms with Crippen molar-refractivity contribution < 1.29 is 14.3 Å². The highest BCUT2D eigenvalue weighted by Gasteiger charge is 2.07. The Balaban J connectivity index is 2.10. The van der Waals surface area contributed by atoms with E-state index in [1.807, 2.05) is 13.0 Å². The number of carbonyl (C=O) groups is 1. The van der Waals surface area contributed by atoms with E-state index in [0.717, 1.165) is 5.56 Å². The van der Waals surface area contributed by atoms with Crippen LogP contribution in [0.25, 0.3) is 0 Å². The van der Waals surface area contributed by atoms with Gasteiger partial charge in [0.1, 0.15) is 12.4 Å². The molecule has 20 heavy (non-hydrogen) atoms. The van der Waals surface area contributed by atoms with Gasteiger partial charge in [-0.05, 0) is 42.8 Å². The summed E-state index contributed by atoms with van der Waals surface area (Å²) in [6, 6.07) is 8.94. The van der Waals surface area contributed by atoms with Gasteiger partial charge in [0.25, 0.3) is 5.91 Å². The fourth-order valence-electron chi connectivity index (χ4n) is 1.81. The molecule has 1 heterocycles. The Hall–Kier alpha value is -2.51. The van der Waals surface area contributed by atoms with Crippen molar-refractivity contribution in [2.45, 2.75) is 13.5 Å². The van der Waals surface area contributed by atoms with Crippen molar-refractivity contribution in [3.63, 3.8) is 0 Å². The van der Waals surface area contributed by atoms with Crippen molar-refractivity contribution in [2.24, 2.45) is 0 Å². The first-order chi connectivity index (χ1) is 9.69. The van der Waals surface area contributed by atoms with Gasteiger partial charge >= 0.3 is 0 Å². The maximum Gasteiger partial charge on any atom is 0.251 e. The Morgan fingerprint density at radius 3 is 2.95 bits per heavy atom. The second-order valence-corrected chi connectivity index (χ2v) is 4.31. The van der Waals surface area contributed by atoms with Gasteiger partial charge in [0, 0.05) is 11.1 Å². The lowest BCUT2D eigenvalue weighted by Gasteiger charge is -2.05. The number of aliphatic hydroxyl groups is 1. The number of amides is 1. The van der Waals surface area contributed by atoms with Gasteiger partial charge in [-0.25, -0.2) is 0 Å². The zero-order valence-electron chi connectivity index (χ0n) is 11.1. The highest BCUT2D eigenvalue weighted by atomic mass is 16.3. The molecule has 0 atom stereocenters. The van der Waals surface area contributed by atoms with Crippen LogP contribution in [0.2, 0.25) is 0 Å². The van der Waals surface area contributed by atoms with Crippen molar-refractivity contribution in [2.75, 3.05) is 6.61 Å². The van der Waals surface area contributed by atoms with Gasteiger partial charge in [0.15, 0.2) is 0 Å². The maximum absolute atomic E-state index is 12.1. The number of carbonyl (C=O) groups excluding carboxylic acids is 1. The van der Waals surface area contributed by atoms with Crippen LogP contribution in [0.3, 0.4) is 0 Å². The Morgan fingerprint density at radius 1 is 1.40 bits per heavy atom. The lowest BCUT2D eigenvalue weighted by molar-refractivity contribution is 0.0948. The summed E-state index contributed by atoms with van der Waals surface area (Å²) in [6.07, 6.45) is 1.57. The molecule has 4 heteroatoms. The normalized spacial score (nSPS) is 9.70. The van der Waals surface area contributed by atoms with Crippen molar-refractivity contribution in [3.05, 3.63) is 59.0 Å². The number of rotatable bonds is 3. The van der Waals surface area contributed by atoms with Crippen LogP contribution < -0.4 is 5.32 Å². The van der Waals surface area contributed by atoms with Crippen molar-refractivity contribution in [1.29, 1.82) is 0 Å². The molecule has 0 saturated carbocycles. The Morgan fingerprint density at radius 2 is 2.25 bits per heavy atom. The number of nitrogens with one attached hydrogen (secondary N) is 1. The molecule has 0 bridgehead atoms. The van der Waals surface area contributed by atoms with E-state index in [2.05, 4.69) is 17.2 Å². The zero-order valence-corrected chi connectivity index (χ0v) is 11.1. The van der Waals surface area contributed by atoms with Gasteiger partial charge < -0.3 is 14.8 Å². The van der Waals surface area contributed by atoms with Gasteiger partial charge in [-0.2, -0.15) is 0 Å². The summed E-state index contributed by atoms with van der Waals surface area (Å²) in [5, 5.41) is 11.5. The first-order valence-electron chi connectivity index (χ1n) is 6.21. The minimum Gasteiger partial charge on any atom is -0.467 e. The predicted octanol–water partition coefficient (Wildman–Crippen LogP) is 1.86. The van der Waals surface area contributed by atoms with E-state index in [4.69, 9.17) is 9.52 Å². The molecule has 0 aliphatic carbocycles. The van der Waals surface area contributed by atoms with Crippen LogP contribution in [0.4, 0.5) is 0 Å². The molecule has 1 aromatic carbocycles. The van der Waals surface area contributed by atoms with Gasteiger partial charge in [-0.1, -0.05) is 11.8 Å².